The lowest BCUT2D eigenvalue weighted by Crippen LogP contribution is -2.10. The molecule has 0 aliphatic carbocycles. The predicted octanol–water partition coefficient (Wildman–Crippen LogP) is 4.35. The average Bonchev–Trinajstić information content (AvgIpc) is 3.02. The third kappa shape index (κ3) is 2.53. The summed E-state index contributed by atoms with van der Waals surface area (Å²) < 4.78 is 5.59. The first kappa shape index (κ1) is 12.2. The molecule has 0 spiro atoms. The molecule has 1 aromatic carbocycles. The van der Waals surface area contributed by atoms with Gasteiger partial charge in [-0.15, -0.1) is 0 Å². The molecule has 1 nitrogen and oxygen atoms in total. The van der Waals surface area contributed by atoms with Crippen LogP contribution < -0.4 is 0 Å². The van der Waals surface area contributed by atoms with Gasteiger partial charge in [-0.25, -0.2) is 0 Å². The van der Waals surface area contributed by atoms with Crippen LogP contribution in [0.15, 0.2) is 18.2 Å². The molecule has 0 radical (unpaired) electrons. The van der Waals surface area contributed by atoms with Crippen LogP contribution in [0.3, 0.4) is 0 Å². The van der Waals surface area contributed by atoms with Gasteiger partial charge in [-0.05, 0) is 36.5 Å². The highest BCUT2D eigenvalue weighted by Gasteiger charge is 2.41. The van der Waals surface area contributed by atoms with E-state index in [1.54, 1.807) is 0 Å². The number of halogens is 2. The van der Waals surface area contributed by atoms with Crippen LogP contribution >= 0.6 is 23.2 Å². The Hall–Kier alpha value is -0.240. The fraction of sp³-hybridized carbons (Fsp3) is 0.538. The Morgan fingerprint density at radius 3 is 2.44 bits per heavy atom. The highest BCUT2D eigenvalue weighted by molar-refractivity contribution is 6.35. The van der Waals surface area contributed by atoms with Gasteiger partial charge in [0.1, 0.15) is 0 Å². The second kappa shape index (κ2) is 4.95. The molecule has 0 saturated carbocycles. The van der Waals surface area contributed by atoms with E-state index in [1.165, 1.54) is 0 Å². The summed E-state index contributed by atoms with van der Waals surface area (Å²) in [6.07, 6.45) is 2.80. The largest absolute Gasteiger partial charge is 0.369 e. The number of epoxide rings is 1. The zero-order chi connectivity index (χ0) is 11.7. The van der Waals surface area contributed by atoms with E-state index in [0.29, 0.717) is 18.1 Å². The molecule has 2 rings (SSSR count). The van der Waals surface area contributed by atoms with Gasteiger partial charge in [0, 0.05) is 10.0 Å². The Balaban J connectivity index is 2.04. The van der Waals surface area contributed by atoms with Gasteiger partial charge in [-0.3, -0.25) is 0 Å². The summed E-state index contributed by atoms with van der Waals surface area (Å²) in [6, 6.07) is 5.66. The van der Waals surface area contributed by atoms with Gasteiger partial charge in [-0.1, -0.05) is 43.1 Å². The van der Waals surface area contributed by atoms with Crippen molar-refractivity contribution in [2.24, 2.45) is 5.92 Å². The van der Waals surface area contributed by atoms with Gasteiger partial charge in [0.15, 0.2) is 0 Å². The number of ether oxygens (including phenoxy) is 1. The molecule has 1 fully saturated rings. The van der Waals surface area contributed by atoms with Crippen molar-refractivity contribution < 1.29 is 4.74 Å². The van der Waals surface area contributed by atoms with E-state index in [1.807, 2.05) is 18.2 Å². The van der Waals surface area contributed by atoms with Crippen molar-refractivity contribution in [3.05, 3.63) is 33.8 Å². The molecule has 0 N–H and O–H groups in total. The first-order valence-electron chi connectivity index (χ1n) is 5.71. The lowest BCUT2D eigenvalue weighted by atomic mass is 9.96. The molecular weight excluding hydrogens is 243 g/mol. The molecule has 3 unspecified atom stereocenters. The quantitative estimate of drug-likeness (QED) is 0.732. The lowest BCUT2D eigenvalue weighted by molar-refractivity contribution is 0.322. The minimum Gasteiger partial charge on any atom is -0.369 e. The van der Waals surface area contributed by atoms with E-state index in [-0.39, 0.29) is 0 Å². The first-order chi connectivity index (χ1) is 7.63. The van der Waals surface area contributed by atoms with Gasteiger partial charge in [0.05, 0.1) is 12.2 Å². The Labute approximate surface area is 107 Å². The Morgan fingerprint density at radius 2 is 1.94 bits per heavy atom. The Morgan fingerprint density at radius 1 is 1.31 bits per heavy atom. The van der Waals surface area contributed by atoms with Crippen molar-refractivity contribution in [1.29, 1.82) is 0 Å². The molecule has 1 saturated heterocycles. The summed E-state index contributed by atoms with van der Waals surface area (Å²) in [4.78, 5) is 0. The average molecular weight is 259 g/mol. The first-order valence-corrected chi connectivity index (χ1v) is 6.47. The third-order valence-corrected chi connectivity index (χ3v) is 3.88. The summed E-state index contributed by atoms with van der Waals surface area (Å²) in [5.74, 6) is 0.474. The molecule has 0 amide bonds. The molecule has 0 aromatic heterocycles. The zero-order valence-electron chi connectivity index (χ0n) is 9.54. The zero-order valence-corrected chi connectivity index (χ0v) is 11.1. The standard InChI is InChI=1S/C13H16Cl2O/c1-3-12-13(16-12)8(2)7-9-10(14)5-4-6-11(9)15/h4-6,8,12-13H,3,7H2,1-2H3. The second-order valence-corrected chi connectivity index (χ2v) is 5.24. The van der Waals surface area contributed by atoms with Crippen molar-refractivity contribution in [2.75, 3.05) is 0 Å². The molecule has 16 heavy (non-hydrogen) atoms. The number of rotatable bonds is 4. The van der Waals surface area contributed by atoms with Crippen LogP contribution in [0.1, 0.15) is 25.8 Å². The van der Waals surface area contributed by atoms with Crippen LogP contribution in [0.5, 0.6) is 0 Å². The normalized spacial score (nSPS) is 25.5. The van der Waals surface area contributed by atoms with E-state index in [9.17, 15) is 0 Å². The second-order valence-electron chi connectivity index (χ2n) is 4.43. The lowest BCUT2D eigenvalue weighted by Gasteiger charge is -2.11. The van der Waals surface area contributed by atoms with Crippen molar-refractivity contribution in [2.45, 2.75) is 38.9 Å². The van der Waals surface area contributed by atoms with E-state index < -0.39 is 0 Å². The van der Waals surface area contributed by atoms with Crippen LogP contribution in [0.25, 0.3) is 0 Å². The molecule has 88 valence electrons. The molecule has 1 heterocycles. The fourth-order valence-corrected chi connectivity index (χ4v) is 2.70. The maximum absolute atomic E-state index is 6.14. The smallest absolute Gasteiger partial charge is 0.0870 e. The third-order valence-electron chi connectivity index (χ3n) is 3.17. The highest BCUT2D eigenvalue weighted by atomic mass is 35.5. The van der Waals surface area contributed by atoms with Crippen molar-refractivity contribution in [1.82, 2.24) is 0 Å². The number of hydrogen-bond donors (Lipinski definition) is 0. The summed E-state index contributed by atoms with van der Waals surface area (Å²) in [5.41, 5.74) is 1.05. The molecule has 3 heteroatoms. The number of benzene rings is 1. The minimum absolute atomic E-state index is 0.386. The summed E-state index contributed by atoms with van der Waals surface area (Å²) in [5, 5.41) is 1.51. The molecule has 3 atom stereocenters. The van der Waals surface area contributed by atoms with Gasteiger partial charge < -0.3 is 4.74 Å². The van der Waals surface area contributed by atoms with E-state index in [2.05, 4.69) is 13.8 Å². The van der Waals surface area contributed by atoms with Crippen molar-refractivity contribution in [3.8, 4) is 0 Å². The maximum atomic E-state index is 6.14. The Kier molecular flexibility index (Phi) is 3.78. The van der Waals surface area contributed by atoms with E-state index in [0.717, 1.165) is 28.5 Å². The number of hydrogen-bond acceptors (Lipinski definition) is 1. The minimum atomic E-state index is 0.386. The molecular formula is C13H16Cl2O. The monoisotopic (exact) mass is 258 g/mol. The van der Waals surface area contributed by atoms with Crippen LogP contribution in [0, 0.1) is 5.92 Å². The van der Waals surface area contributed by atoms with Crippen LogP contribution in [0.2, 0.25) is 10.0 Å². The van der Waals surface area contributed by atoms with Crippen molar-refractivity contribution >= 4 is 23.2 Å². The SMILES string of the molecule is CCC1OC1C(C)Cc1c(Cl)cccc1Cl. The molecule has 1 aliphatic rings. The van der Waals surface area contributed by atoms with Gasteiger partial charge >= 0.3 is 0 Å². The van der Waals surface area contributed by atoms with Crippen LogP contribution in [-0.4, -0.2) is 12.2 Å². The fourth-order valence-electron chi connectivity index (χ4n) is 2.15. The molecule has 0 bridgehead atoms. The molecule has 1 aromatic rings. The van der Waals surface area contributed by atoms with Gasteiger partial charge in [-0.2, -0.15) is 0 Å². The summed E-state index contributed by atoms with van der Waals surface area (Å²) in [7, 11) is 0. The Bertz CT molecular complexity index is 358. The van der Waals surface area contributed by atoms with Crippen LogP contribution in [-0.2, 0) is 11.2 Å². The summed E-state index contributed by atoms with van der Waals surface area (Å²) >= 11 is 12.3. The molecule has 1 aliphatic heterocycles. The van der Waals surface area contributed by atoms with Crippen LogP contribution in [0.4, 0.5) is 0 Å². The van der Waals surface area contributed by atoms with Gasteiger partial charge in [0.2, 0.25) is 0 Å². The van der Waals surface area contributed by atoms with Gasteiger partial charge in [0.25, 0.3) is 0 Å². The van der Waals surface area contributed by atoms with E-state index in [4.69, 9.17) is 27.9 Å². The maximum Gasteiger partial charge on any atom is 0.0870 e. The van der Waals surface area contributed by atoms with E-state index >= 15 is 0 Å². The topological polar surface area (TPSA) is 12.5 Å². The summed E-state index contributed by atoms with van der Waals surface area (Å²) in [6.45, 7) is 4.35. The highest BCUT2D eigenvalue weighted by Crippen LogP contribution is 2.36. The predicted molar refractivity (Wildman–Crippen MR) is 68.3 cm³/mol. The van der Waals surface area contributed by atoms with Crippen molar-refractivity contribution in [3.63, 3.8) is 0 Å².